The van der Waals surface area contributed by atoms with Gasteiger partial charge in [0, 0.05) is 49.9 Å². The first-order valence-electron chi connectivity index (χ1n) is 42.0. The molecule has 0 aromatic heterocycles. The fraction of sp³-hybridized carbons (Fsp3) is 0.381. The third-order valence-corrected chi connectivity index (χ3v) is 57.3. The standard InChI is InChI=1S/C14H13ClSi.C13H23ClSi.C11H13ClSi.2C10H11ClSi.C10H17ClSi.C9H15ClSi.C8H13ClSi.2C6H9ClSi/c1-16(15)14-12-8-4-2-6-10(12)11-7-3-5-9-13(11)14;1-8-9(2)11(4)12(10(8)3)15(14)13(5,6)7;1-8-7-9-5-3-4-6-10(9)11(8)13(2)12;1-12(11)10-6-8-4-2-3-5-9(8)7-10;1-12(11)10-7-6-8-4-2-3-5-9(8)10;1-6-7(2)9(4)10(8(6)3)12(5)11;1-9(2,3)11(10)8-6-4-5-7-8;1-7(2)10(9)8-5-3-4-6-8;2*1-8(7)6-4-2-3-5-6/h2-9,14,16H,1H3;12,15H,1-7H3;3-7,11,13H,1-2H3;2-6,12H,7H2,1H3;2-7,10,12H,1H3;10,12H,1-5H3;4-8,11H,1-3H3;3-8,10H,1-2H3;2*2-6,8H,1H3. The summed E-state index contributed by atoms with van der Waals surface area (Å²) < 4.78 is 0. The molecule has 12 unspecified atom stereocenters. The van der Waals surface area contributed by atoms with E-state index in [1.807, 2.05) is 0 Å². The zero-order valence-electron chi connectivity index (χ0n) is 74.1. The molecule has 10 aliphatic carbocycles. The molecular weight excluding hydrogens is 1800 g/mol. The lowest BCUT2D eigenvalue weighted by Gasteiger charge is -2.30. The van der Waals surface area contributed by atoms with Crippen molar-refractivity contribution in [2.75, 3.05) is 0 Å². The molecule has 5 aromatic rings. The van der Waals surface area contributed by atoms with Gasteiger partial charge in [-0.2, -0.15) is 111 Å². The van der Waals surface area contributed by atoms with Crippen LogP contribution in [0.15, 0.2) is 280 Å². The molecule has 0 fully saturated rings. The van der Waals surface area contributed by atoms with Crippen LogP contribution in [-0.4, -0.2) is 81.1 Å². The van der Waals surface area contributed by atoms with Crippen LogP contribution in [0.4, 0.5) is 0 Å². The molecule has 0 saturated carbocycles. The number of hydrogen-bond donors (Lipinski definition) is 0. The Kier molecular flexibility index (Phi) is 43.4. The number of fused-ring (bicyclic) bond motifs is 6. The minimum Gasteiger partial charge on any atom is -0.171 e. The van der Waals surface area contributed by atoms with Gasteiger partial charge in [0.05, 0.1) is 0 Å². The number of benzene rings is 5. The van der Waals surface area contributed by atoms with Crippen molar-refractivity contribution in [3.05, 3.63) is 324 Å². The van der Waals surface area contributed by atoms with Crippen molar-refractivity contribution in [1.29, 1.82) is 0 Å². The SMILES string of the molecule is CC(C)(C)[SiH](Cl)C1C=CC=C1.CC(C)[SiH](Cl)C1C=CC=C1.CC1=C(C)C([SiH](C)Cl)C(C)=C1C.CC1=C(C)C([SiH](Cl)C(C)(C)C)C(C)=C1C.CC1=Cc2ccccc2C1[SiH](C)Cl.C[SiH](Cl)C1=Cc2ccccc2C1.C[SiH](Cl)C1C=CC=C1.C[SiH](Cl)C1C=CC=C1.C[SiH](Cl)C1C=Cc2ccccc21.C[SiH](Cl)C1c2ccccc2-c2ccccc21. The van der Waals surface area contributed by atoms with Gasteiger partial charge >= 0.3 is 0 Å². The number of allylic oxidation sites excluding steroid dienone is 27. The van der Waals surface area contributed by atoms with E-state index in [1.165, 1.54) is 111 Å². The van der Waals surface area contributed by atoms with Gasteiger partial charge in [0.2, 0.25) is 0 Å². The summed E-state index contributed by atoms with van der Waals surface area (Å²) in [5.41, 5.74) is 33.2. The van der Waals surface area contributed by atoms with Crippen molar-refractivity contribution in [3.8, 4) is 11.1 Å². The first-order valence-corrected chi connectivity index (χ1v) is 76.0. The van der Waals surface area contributed by atoms with Crippen LogP contribution in [0.3, 0.4) is 0 Å². The van der Waals surface area contributed by atoms with Gasteiger partial charge in [-0.05, 0) is 162 Å². The van der Waals surface area contributed by atoms with Gasteiger partial charge in [-0.15, -0.1) is 0 Å². The van der Waals surface area contributed by atoms with E-state index in [0.717, 1.165) is 6.42 Å². The Morgan fingerprint density at radius 2 is 0.675 bits per heavy atom. The maximum absolute atomic E-state index is 6.75. The molecule has 0 nitrogen and oxygen atoms in total. The minimum absolute atomic E-state index is 0.291. The summed E-state index contributed by atoms with van der Waals surface area (Å²) in [6.07, 6.45) is 44.2. The Morgan fingerprint density at radius 1 is 0.325 bits per heavy atom. The van der Waals surface area contributed by atoms with Crippen molar-refractivity contribution in [1.82, 2.24) is 0 Å². The number of rotatable bonds is 11. The normalized spacial score (nSPS) is 20.5. The molecule has 0 aliphatic heterocycles. The van der Waals surface area contributed by atoms with Crippen LogP contribution in [0, 0.1) is 0 Å². The average Bonchev–Trinajstić information content (AvgIpc) is 1.61. The first kappa shape index (κ1) is 103. The molecule has 0 saturated heterocycles. The number of halogens is 10. The largest absolute Gasteiger partial charge is 0.171 e. The van der Waals surface area contributed by atoms with Crippen molar-refractivity contribution in [3.63, 3.8) is 0 Å². The van der Waals surface area contributed by atoms with E-state index < -0.39 is 81.1 Å². The second-order valence-corrected chi connectivity index (χ2v) is 77.8. The van der Waals surface area contributed by atoms with E-state index in [0.29, 0.717) is 65.5 Å². The Bertz CT molecular complexity index is 4410. The highest BCUT2D eigenvalue weighted by molar-refractivity contribution is 7.12. The van der Waals surface area contributed by atoms with Crippen LogP contribution in [0.1, 0.15) is 179 Å². The van der Waals surface area contributed by atoms with Gasteiger partial charge in [-0.1, -0.05) is 377 Å². The third-order valence-electron chi connectivity index (χ3n) is 23.9. The van der Waals surface area contributed by atoms with Gasteiger partial charge in [0.1, 0.15) is 48.6 Å². The molecule has 20 heteroatoms. The summed E-state index contributed by atoms with van der Waals surface area (Å²) >= 11 is 62.7. The third kappa shape index (κ3) is 29.7. The van der Waals surface area contributed by atoms with Crippen LogP contribution in [0.2, 0.25) is 94.7 Å². The lowest BCUT2D eigenvalue weighted by atomic mass is 10.1. The van der Waals surface area contributed by atoms with Gasteiger partial charge < -0.3 is 0 Å². The van der Waals surface area contributed by atoms with E-state index in [9.17, 15) is 0 Å². The summed E-state index contributed by atoms with van der Waals surface area (Å²) in [6.45, 7) is 53.3. The van der Waals surface area contributed by atoms with Crippen LogP contribution in [-0.2, 0) is 6.42 Å². The van der Waals surface area contributed by atoms with E-state index >= 15 is 0 Å². The Morgan fingerprint density at radius 3 is 1.03 bits per heavy atom. The summed E-state index contributed by atoms with van der Waals surface area (Å²) in [5, 5.41) is 2.09. The minimum atomic E-state index is -1.28. The topological polar surface area (TPSA) is 0 Å². The highest BCUT2D eigenvalue weighted by Crippen LogP contribution is 2.51. The molecule has 0 heterocycles. The Balaban J connectivity index is 0.000000203. The second-order valence-electron chi connectivity index (χ2n) is 35.2. The van der Waals surface area contributed by atoms with Crippen molar-refractivity contribution in [2.24, 2.45) is 0 Å². The second kappa shape index (κ2) is 49.2. The molecule has 5 aromatic carbocycles. The summed E-state index contributed by atoms with van der Waals surface area (Å²) in [5.74, 6) is 0. The van der Waals surface area contributed by atoms with Gasteiger partial charge in [0.15, 0.2) is 32.4 Å². The zero-order valence-corrected chi connectivity index (χ0v) is 93.2. The summed E-state index contributed by atoms with van der Waals surface area (Å²) in [4.78, 5) is 0. The quantitative estimate of drug-likeness (QED) is 0.0913. The maximum atomic E-state index is 6.75. The summed E-state index contributed by atoms with van der Waals surface area (Å²) in [7, 11) is -10.9. The summed E-state index contributed by atoms with van der Waals surface area (Å²) in [6, 6.07) is 42.9. The molecule has 0 N–H and O–H groups in total. The van der Waals surface area contributed by atoms with E-state index in [-0.39, 0.29) is 0 Å². The van der Waals surface area contributed by atoms with E-state index in [1.54, 1.807) is 0 Å². The van der Waals surface area contributed by atoms with E-state index in [4.69, 9.17) is 111 Å². The van der Waals surface area contributed by atoms with Crippen LogP contribution < -0.4 is 0 Å². The molecular formula is C97H134Cl10Si10. The molecule has 15 rings (SSSR count). The molecule has 10 aliphatic rings. The zero-order chi connectivity index (χ0) is 87.1. The molecule has 117 heavy (non-hydrogen) atoms. The van der Waals surface area contributed by atoms with Crippen LogP contribution in [0.25, 0.3) is 29.4 Å². The first-order chi connectivity index (χ1) is 55.0. The highest BCUT2D eigenvalue weighted by atomic mass is 35.6. The van der Waals surface area contributed by atoms with E-state index in [2.05, 4.69) is 406 Å². The molecule has 0 bridgehead atoms. The van der Waals surface area contributed by atoms with Gasteiger partial charge in [0.25, 0.3) is 0 Å². The molecule has 632 valence electrons. The Hall–Kier alpha value is -2.73. The predicted octanol–water partition coefficient (Wildman–Crippen LogP) is 31.6. The van der Waals surface area contributed by atoms with Crippen molar-refractivity contribution < 1.29 is 0 Å². The predicted molar refractivity (Wildman–Crippen MR) is 568 cm³/mol. The molecule has 12 atom stereocenters. The van der Waals surface area contributed by atoms with Gasteiger partial charge in [-0.25, -0.2) is 0 Å². The van der Waals surface area contributed by atoms with Crippen molar-refractivity contribution in [2.45, 2.75) is 235 Å². The lowest BCUT2D eigenvalue weighted by Crippen LogP contribution is -2.26. The molecule has 0 spiro atoms. The Labute approximate surface area is 773 Å². The fourth-order valence-corrected chi connectivity index (χ4v) is 38.1. The van der Waals surface area contributed by atoms with Gasteiger partial charge in [-0.3, -0.25) is 0 Å². The number of hydrogen-bond acceptors (Lipinski definition) is 0. The lowest BCUT2D eigenvalue weighted by molar-refractivity contribution is 0.736. The molecule has 0 radical (unpaired) electrons. The van der Waals surface area contributed by atoms with Crippen LogP contribution in [0.5, 0.6) is 0 Å². The van der Waals surface area contributed by atoms with Crippen molar-refractivity contribution >= 4 is 210 Å². The maximum Gasteiger partial charge on any atom is 0.164 e. The average molecular weight is 1940 g/mol. The smallest absolute Gasteiger partial charge is 0.164 e. The molecule has 0 amide bonds. The van der Waals surface area contributed by atoms with Crippen LogP contribution >= 0.6 is 111 Å². The monoisotopic (exact) mass is 1930 g/mol. The fourth-order valence-electron chi connectivity index (χ4n) is 16.3. The highest BCUT2D eigenvalue weighted by Gasteiger charge is 2.39.